The van der Waals surface area contributed by atoms with Crippen molar-refractivity contribution in [1.29, 1.82) is 0 Å². The van der Waals surface area contributed by atoms with Crippen molar-refractivity contribution in [1.82, 2.24) is 9.88 Å². The number of morpholine rings is 1. The van der Waals surface area contributed by atoms with Gasteiger partial charge < -0.3 is 19.4 Å². The average Bonchev–Trinajstić information content (AvgIpc) is 2.88. The van der Waals surface area contributed by atoms with Gasteiger partial charge in [-0.25, -0.2) is 4.39 Å². The standard InChI is InChI=1S/C17H21FN2O3/c1-17(2)10-20(8-13(23-17)9-22-3)16(21)15-7-11-6-12(18)4-5-14(11)19-15/h4-7,13,19H,8-10H2,1-3H3. The molecule has 1 aromatic heterocycles. The largest absolute Gasteiger partial charge is 0.382 e. The van der Waals surface area contributed by atoms with Gasteiger partial charge in [-0.05, 0) is 38.1 Å². The zero-order valence-electron chi connectivity index (χ0n) is 13.6. The van der Waals surface area contributed by atoms with Crippen molar-refractivity contribution in [3.8, 4) is 0 Å². The summed E-state index contributed by atoms with van der Waals surface area (Å²) >= 11 is 0. The lowest BCUT2D eigenvalue weighted by Crippen LogP contribution is -2.55. The zero-order valence-corrected chi connectivity index (χ0v) is 13.6. The lowest BCUT2D eigenvalue weighted by atomic mass is 10.0. The van der Waals surface area contributed by atoms with E-state index in [9.17, 15) is 9.18 Å². The first kappa shape index (κ1) is 16.0. The Kier molecular flexibility index (Phi) is 4.12. The van der Waals surface area contributed by atoms with Crippen molar-refractivity contribution in [3.63, 3.8) is 0 Å². The van der Waals surface area contributed by atoms with Crippen molar-refractivity contribution in [2.45, 2.75) is 25.6 Å². The highest BCUT2D eigenvalue weighted by Crippen LogP contribution is 2.24. The third kappa shape index (κ3) is 3.38. The van der Waals surface area contributed by atoms with Gasteiger partial charge in [0.05, 0.1) is 18.3 Å². The van der Waals surface area contributed by atoms with Crippen LogP contribution in [0.15, 0.2) is 24.3 Å². The van der Waals surface area contributed by atoms with E-state index in [4.69, 9.17) is 9.47 Å². The number of ether oxygens (including phenoxy) is 2. The number of nitrogens with one attached hydrogen (secondary N) is 1. The Morgan fingerprint density at radius 1 is 1.48 bits per heavy atom. The normalized spacial score (nSPS) is 20.9. The molecule has 2 aromatic rings. The number of halogens is 1. The molecule has 0 radical (unpaired) electrons. The van der Waals surface area contributed by atoms with Gasteiger partial charge in [0.25, 0.3) is 5.91 Å². The van der Waals surface area contributed by atoms with E-state index in [2.05, 4.69) is 4.98 Å². The second kappa shape index (κ2) is 5.94. The second-order valence-electron chi connectivity index (χ2n) is 6.56. The van der Waals surface area contributed by atoms with Gasteiger partial charge in [0, 0.05) is 31.1 Å². The number of nitrogens with zero attached hydrogens (tertiary/aromatic N) is 1. The van der Waals surface area contributed by atoms with E-state index in [1.165, 1.54) is 12.1 Å². The number of fused-ring (bicyclic) bond motifs is 1. The number of H-pyrrole nitrogens is 1. The number of rotatable bonds is 3. The van der Waals surface area contributed by atoms with Crippen LogP contribution in [-0.4, -0.2) is 54.3 Å². The number of hydrogen-bond acceptors (Lipinski definition) is 3. The van der Waals surface area contributed by atoms with Crippen LogP contribution in [0.1, 0.15) is 24.3 Å². The molecule has 2 heterocycles. The van der Waals surface area contributed by atoms with Crippen molar-refractivity contribution in [2.24, 2.45) is 0 Å². The molecule has 1 aliphatic rings. The number of benzene rings is 1. The molecule has 1 aliphatic heterocycles. The van der Waals surface area contributed by atoms with Crippen molar-refractivity contribution < 1.29 is 18.7 Å². The number of aromatic amines is 1. The molecule has 124 valence electrons. The van der Waals surface area contributed by atoms with E-state index < -0.39 is 5.60 Å². The lowest BCUT2D eigenvalue weighted by molar-refractivity contribution is -0.143. The summed E-state index contributed by atoms with van der Waals surface area (Å²) in [6.07, 6.45) is -0.158. The molecule has 1 fully saturated rings. The van der Waals surface area contributed by atoms with E-state index in [0.717, 1.165) is 5.52 Å². The molecule has 0 spiro atoms. The van der Waals surface area contributed by atoms with Gasteiger partial charge in [0.2, 0.25) is 0 Å². The van der Waals surface area contributed by atoms with Crippen molar-refractivity contribution in [3.05, 3.63) is 35.8 Å². The molecule has 0 aliphatic carbocycles. The minimum Gasteiger partial charge on any atom is -0.382 e. The van der Waals surface area contributed by atoms with Crippen molar-refractivity contribution >= 4 is 16.8 Å². The SMILES string of the molecule is COCC1CN(C(=O)c2cc3cc(F)ccc3[nH]2)CC(C)(C)O1. The van der Waals surface area contributed by atoms with Gasteiger partial charge in [0.1, 0.15) is 11.5 Å². The predicted molar refractivity (Wildman–Crippen MR) is 85.0 cm³/mol. The summed E-state index contributed by atoms with van der Waals surface area (Å²) in [4.78, 5) is 17.6. The molecule has 5 nitrogen and oxygen atoms in total. The lowest BCUT2D eigenvalue weighted by Gasteiger charge is -2.42. The minimum absolute atomic E-state index is 0.112. The Morgan fingerprint density at radius 2 is 2.26 bits per heavy atom. The van der Waals surface area contributed by atoms with E-state index in [1.54, 1.807) is 24.1 Å². The van der Waals surface area contributed by atoms with Gasteiger partial charge in [-0.3, -0.25) is 4.79 Å². The first-order valence-corrected chi connectivity index (χ1v) is 7.62. The molecule has 1 atom stereocenters. The molecular formula is C17H21FN2O3. The van der Waals surface area contributed by atoms with Crippen LogP contribution in [0.25, 0.3) is 10.9 Å². The highest BCUT2D eigenvalue weighted by atomic mass is 19.1. The number of amides is 1. The quantitative estimate of drug-likeness (QED) is 0.946. The van der Waals surface area contributed by atoms with Crippen molar-refractivity contribution in [2.75, 3.05) is 26.8 Å². The maximum atomic E-state index is 13.3. The molecule has 23 heavy (non-hydrogen) atoms. The van der Waals surface area contributed by atoms with E-state index in [0.29, 0.717) is 30.8 Å². The highest BCUT2D eigenvalue weighted by Gasteiger charge is 2.36. The molecule has 0 bridgehead atoms. The van der Waals surface area contributed by atoms with E-state index in [1.807, 2.05) is 13.8 Å². The summed E-state index contributed by atoms with van der Waals surface area (Å²) in [6.45, 7) is 5.31. The fourth-order valence-corrected chi connectivity index (χ4v) is 3.11. The van der Waals surface area contributed by atoms with Gasteiger partial charge in [0.15, 0.2) is 0 Å². The molecule has 1 aromatic carbocycles. The molecule has 1 saturated heterocycles. The second-order valence-corrected chi connectivity index (χ2v) is 6.56. The molecule has 6 heteroatoms. The topological polar surface area (TPSA) is 54.6 Å². The first-order valence-electron chi connectivity index (χ1n) is 7.62. The average molecular weight is 320 g/mol. The van der Waals surface area contributed by atoms with Crippen LogP contribution < -0.4 is 0 Å². The monoisotopic (exact) mass is 320 g/mol. The molecule has 1 N–H and O–H groups in total. The molecule has 1 unspecified atom stereocenters. The molecule has 1 amide bonds. The highest BCUT2D eigenvalue weighted by molar-refractivity contribution is 5.98. The Labute approximate surface area is 134 Å². The van der Waals surface area contributed by atoms with Crippen LogP contribution in [0.5, 0.6) is 0 Å². The third-order valence-electron chi connectivity index (χ3n) is 3.93. The van der Waals surface area contributed by atoms with Crippen LogP contribution in [0.2, 0.25) is 0 Å². The van der Waals surface area contributed by atoms with E-state index in [-0.39, 0.29) is 17.8 Å². The number of hydrogen-bond donors (Lipinski definition) is 1. The summed E-state index contributed by atoms with van der Waals surface area (Å²) < 4.78 is 24.4. The summed E-state index contributed by atoms with van der Waals surface area (Å²) in [7, 11) is 1.61. The number of carbonyl (C=O) groups excluding carboxylic acids is 1. The zero-order chi connectivity index (χ0) is 16.6. The summed E-state index contributed by atoms with van der Waals surface area (Å²) in [5.41, 5.74) is 0.769. The summed E-state index contributed by atoms with van der Waals surface area (Å²) in [5, 5.41) is 0.689. The van der Waals surface area contributed by atoms with Gasteiger partial charge >= 0.3 is 0 Å². The summed E-state index contributed by atoms with van der Waals surface area (Å²) in [5.74, 6) is -0.428. The Morgan fingerprint density at radius 3 is 3.00 bits per heavy atom. The van der Waals surface area contributed by atoms with Crippen LogP contribution in [-0.2, 0) is 9.47 Å². The number of aromatic nitrogens is 1. The Hall–Kier alpha value is -1.92. The van der Waals surface area contributed by atoms with Gasteiger partial charge in [-0.2, -0.15) is 0 Å². The van der Waals surface area contributed by atoms with E-state index >= 15 is 0 Å². The number of carbonyl (C=O) groups is 1. The van der Waals surface area contributed by atoms with Crippen LogP contribution >= 0.6 is 0 Å². The fourth-order valence-electron chi connectivity index (χ4n) is 3.11. The number of methoxy groups -OCH3 is 1. The van der Waals surface area contributed by atoms with Crippen LogP contribution in [0, 0.1) is 5.82 Å². The Balaban J connectivity index is 1.85. The molecular weight excluding hydrogens is 299 g/mol. The Bertz CT molecular complexity index is 726. The first-order chi connectivity index (χ1) is 10.9. The van der Waals surface area contributed by atoms with Gasteiger partial charge in [-0.15, -0.1) is 0 Å². The molecule has 0 saturated carbocycles. The summed E-state index contributed by atoms with van der Waals surface area (Å²) in [6, 6.07) is 6.12. The van der Waals surface area contributed by atoms with Crippen LogP contribution in [0.3, 0.4) is 0 Å². The third-order valence-corrected chi connectivity index (χ3v) is 3.93. The smallest absolute Gasteiger partial charge is 0.270 e. The molecule has 3 rings (SSSR count). The maximum absolute atomic E-state index is 13.3. The van der Waals surface area contributed by atoms with Crippen LogP contribution in [0.4, 0.5) is 4.39 Å². The van der Waals surface area contributed by atoms with Gasteiger partial charge in [-0.1, -0.05) is 0 Å². The predicted octanol–water partition coefficient (Wildman–Crippen LogP) is 2.57. The maximum Gasteiger partial charge on any atom is 0.270 e. The fraction of sp³-hybridized carbons (Fsp3) is 0.471. The minimum atomic E-state index is -0.435.